The monoisotopic (exact) mass is 577 g/mol. The molecule has 2 aromatic heterocycles. The Morgan fingerprint density at radius 2 is 1.86 bits per heavy atom. The topological polar surface area (TPSA) is 122 Å². The number of hydrogen-bond acceptors (Lipinski definition) is 7. The summed E-state index contributed by atoms with van der Waals surface area (Å²) >= 11 is 0. The van der Waals surface area contributed by atoms with E-state index in [0.717, 1.165) is 65.7 Å². The van der Waals surface area contributed by atoms with Crippen LogP contribution in [0, 0.1) is 0 Å². The molecule has 9 nitrogen and oxygen atoms in total. The molecular weight excluding hydrogens is 538 g/mol. The number of aliphatic hydroxyl groups is 1. The van der Waals surface area contributed by atoms with Crippen LogP contribution in [-0.2, 0) is 13.0 Å². The first-order valence-corrected chi connectivity index (χ1v) is 15.2. The molecule has 0 spiro atoms. The van der Waals surface area contributed by atoms with Gasteiger partial charge in [-0.25, -0.2) is 10.1 Å². The van der Waals surface area contributed by atoms with Crippen LogP contribution < -0.4 is 10.9 Å². The van der Waals surface area contributed by atoms with Gasteiger partial charge in [0.2, 0.25) is 0 Å². The average molecular weight is 578 g/mol. The number of nitrogens with zero attached hydrogens (tertiary/aromatic N) is 5. The molecule has 3 heterocycles. The number of aliphatic hydroxyl groups excluding tert-OH is 1. The van der Waals surface area contributed by atoms with E-state index in [1.807, 2.05) is 42.5 Å². The van der Waals surface area contributed by atoms with Crippen LogP contribution in [0.15, 0.2) is 71.5 Å². The zero-order valence-electron chi connectivity index (χ0n) is 25.0. The summed E-state index contributed by atoms with van der Waals surface area (Å²) in [6.07, 6.45) is 4.79. The zero-order chi connectivity index (χ0) is 30.0. The second-order valence-electron chi connectivity index (χ2n) is 12.3. The molecule has 2 atom stereocenters. The average Bonchev–Trinajstić information content (AvgIpc) is 3.67. The van der Waals surface area contributed by atoms with Crippen molar-refractivity contribution in [2.75, 3.05) is 0 Å². The van der Waals surface area contributed by atoms with Gasteiger partial charge in [0.25, 0.3) is 5.56 Å². The van der Waals surface area contributed by atoms with Crippen molar-refractivity contribution < 1.29 is 5.11 Å². The van der Waals surface area contributed by atoms with E-state index in [2.05, 4.69) is 71.0 Å². The van der Waals surface area contributed by atoms with Gasteiger partial charge >= 0.3 is 0 Å². The summed E-state index contributed by atoms with van der Waals surface area (Å²) in [5, 5.41) is 29.6. The number of H-pyrrole nitrogens is 1. The fourth-order valence-electron chi connectivity index (χ4n) is 6.18. The molecule has 1 aliphatic rings. The summed E-state index contributed by atoms with van der Waals surface area (Å²) in [6.45, 7) is 6.95. The molecule has 0 saturated carbocycles. The summed E-state index contributed by atoms with van der Waals surface area (Å²) in [6, 6.07) is 22.1. The first kappa shape index (κ1) is 28.9. The predicted octanol–water partition coefficient (Wildman–Crippen LogP) is 5.59. The Morgan fingerprint density at radius 3 is 2.56 bits per heavy atom. The van der Waals surface area contributed by atoms with Gasteiger partial charge in [0, 0.05) is 23.6 Å². The zero-order valence-corrected chi connectivity index (χ0v) is 25.0. The Morgan fingerprint density at radius 1 is 1.07 bits per heavy atom. The summed E-state index contributed by atoms with van der Waals surface area (Å²) in [5.41, 5.74) is 5.44. The van der Waals surface area contributed by atoms with E-state index in [-0.39, 0.29) is 17.1 Å². The van der Waals surface area contributed by atoms with Crippen molar-refractivity contribution in [3.8, 4) is 22.5 Å². The molecule has 9 heteroatoms. The van der Waals surface area contributed by atoms with Crippen LogP contribution in [0.4, 0.5) is 0 Å². The van der Waals surface area contributed by atoms with E-state index in [1.165, 1.54) is 0 Å². The Balaban J connectivity index is 1.30. The Kier molecular flexibility index (Phi) is 8.19. The fourth-order valence-corrected chi connectivity index (χ4v) is 6.18. The maximum Gasteiger partial charge on any atom is 0.261 e. The molecule has 2 unspecified atom stereocenters. The third kappa shape index (κ3) is 6.28. The number of tetrazole rings is 1. The molecule has 1 fully saturated rings. The minimum Gasteiger partial charge on any atom is -0.388 e. The van der Waals surface area contributed by atoms with Crippen LogP contribution in [0.1, 0.15) is 75.9 Å². The normalized spacial score (nSPS) is 17.0. The van der Waals surface area contributed by atoms with Gasteiger partial charge in [-0.1, -0.05) is 67.9 Å². The van der Waals surface area contributed by atoms with Gasteiger partial charge < -0.3 is 10.4 Å². The number of rotatable bonds is 10. The molecule has 43 heavy (non-hydrogen) atoms. The van der Waals surface area contributed by atoms with Gasteiger partial charge in [0.05, 0.1) is 23.6 Å². The van der Waals surface area contributed by atoms with Crippen LogP contribution in [-0.4, -0.2) is 46.9 Å². The van der Waals surface area contributed by atoms with Crippen LogP contribution in [0.5, 0.6) is 0 Å². The smallest absolute Gasteiger partial charge is 0.261 e. The standard InChI is InChI=1S/C34H39N7O2/c1-4-5-10-31-35-29-16-15-24(30(42)20-25-17-18-34(2,3)36-25)19-28(29)33(43)41(31)21-22-11-13-23(14-12-22)26-8-6-7-9-27(26)32-37-39-40-38-32/h6-9,11-16,19,25,30,36,42H,4-5,10,17-18,20-21H2,1-3H3,(H,37,38,39,40). The van der Waals surface area contributed by atoms with Gasteiger partial charge in [-0.05, 0) is 84.3 Å². The summed E-state index contributed by atoms with van der Waals surface area (Å²) in [7, 11) is 0. The van der Waals surface area contributed by atoms with Crippen LogP contribution in [0.25, 0.3) is 33.4 Å². The predicted molar refractivity (Wildman–Crippen MR) is 169 cm³/mol. The van der Waals surface area contributed by atoms with E-state index in [1.54, 1.807) is 4.57 Å². The molecule has 6 rings (SSSR count). The molecule has 0 aliphatic carbocycles. The number of aryl methyl sites for hydroxylation is 1. The summed E-state index contributed by atoms with van der Waals surface area (Å²) in [4.78, 5) is 18.9. The molecule has 222 valence electrons. The Labute approximate surface area is 251 Å². The van der Waals surface area contributed by atoms with E-state index in [9.17, 15) is 9.90 Å². The van der Waals surface area contributed by atoms with Gasteiger partial charge in [-0.15, -0.1) is 5.10 Å². The molecule has 0 amide bonds. The molecule has 0 radical (unpaired) electrons. The lowest BCUT2D eigenvalue weighted by Gasteiger charge is -2.22. The number of aromatic nitrogens is 6. The first-order chi connectivity index (χ1) is 20.8. The molecule has 0 bridgehead atoms. The SMILES string of the molecule is CCCCc1nc2ccc(C(O)CC3CCC(C)(C)N3)cc2c(=O)n1Cc1ccc(-c2ccccc2-c2nnn[nH]2)cc1. The third-order valence-electron chi connectivity index (χ3n) is 8.55. The maximum atomic E-state index is 14.0. The van der Waals surface area contributed by atoms with E-state index in [4.69, 9.17) is 4.98 Å². The number of aromatic amines is 1. The fraction of sp³-hybridized carbons (Fsp3) is 0.382. The second kappa shape index (κ2) is 12.2. The summed E-state index contributed by atoms with van der Waals surface area (Å²) in [5.74, 6) is 1.40. The maximum absolute atomic E-state index is 14.0. The molecule has 3 aromatic carbocycles. The van der Waals surface area contributed by atoms with Crippen LogP contribution in [0.2, 0.25) is 0 Å². The number of fused-ring (bicyclic) bond motifs is 1. The molecule has 3 N–H and O–H groups in total. The number of nitrogens with one attached hydrogen (secondary N) is 2. The van der Waals surface area contributed by atoms with Crippen LogP contribution >= 0.6 is 0 Å². The second-order valence-corrected chi connectivity index (χ2v) is 12.3. The highest BCUT2D eigenvalue weighted by Crippen LogP contribution is 2.31. The van der Waals surface area contributed by atoms with Gasteiger partial charge in [0.15, 0.2) is 5.82 Å². The number of hydrogen-bond donors (Lipinski definition) is 3. The molecule has 5 aromatic rings. The Bertz CT molecular complexity index is 1760. The van der Waals surface area contributed by atoms with E-state index >= 15 is 0 Å². The molecule has 1 aliphatic heterocycles. The van der Waals surface area contributed by atoms with Gasteiger partial charge in [-0.3, -0.25) is 9.36 Å². The summed E-state index contributed by atoms with van der Waals surface area (Å²) < 4.78 is 1.80. The quantitative estimate of drug-likeness (QED) is 0.198. The van der Waals surface area contributed by atoms with Crippen molar-refractivity contribution in [2.24, 2.45) is 0 Å². The lowest BCUT2D eigenvalue weighted by molar-refractivity contribution is 0.152. The lowest BCUT2D eigenvalue weighted by atomic mass is 9.98. The van der Waals surface area contributed by atoms with Crippen molar-refractivity contribution >= 4 is 10.9 Å². The third-order valence-corrected chi connectivity index (χ3v) is 8.55. The minimum atomic E-state index is -0.647. The molecule has 1 saturated heterocycles. The van der Waals surface area contributed by atoms with Crippen LogP contribution in [0.3, 0.4) is 0 Å². The minimum absolute atomic E-state index is 0.0717. The van der Waals surface area contributed by atoms with Crippen molar-refractivity contribution in [2.45, 2.75) is 83.5 Å². The van der Waals surface area contributed by atoms with Crippen molar-refractivity contribution in [3.05, 3.63) is 94.0 Å². The van der Waals surface area contributed by atoms with Gasteiger partial charge in [-0.2, -0.15) is 0 Å². The van der Waals surface area contributed by atoms with Crippen molar-refractivity contribution in [1.82, 2.24) is 35.5 Å². The largest absolute Gasteiger partial charge is 0.388 e. The first-order valence-electron chi connectivity index (χ1n) is 15.2. The number of benzene rings is 3. The highest BCUT2D eigenvalue weighted by Gasteiger charge is 2.31. The van der Waals surface area contributed by atoms with Crippen molar-refractivity contribution in [1.29, 1.82) is 0 Å². The number of unbranched alkanes of at least 4 members (excludes halogenated alkanes) is 1. The Hall–Kier alpha value is -4.21. The van der Waals surface area contributed by atoms with Gasteiger partial charge in [0.1, 0.15) is 5.82 Å². The molecular formula is C34H39N7O2. The van der Waals surface area contributed by atoms with E-state index < -0.39 is 6.10 Å². The van der Waals surface area contributed by atoms with Crippen molar-refractivity contribution in [3.63, 3.8) is 0 Å². The lowest BCUT2D eigenvalue weighted by Crippen LogP contribution is -2.37. The highest BCUT2D eigenvalue weighted by atomic mass is 16.3. The highest BCUT2D eigenvalue weighted by molar-refractivity contribution is 5.80. The van der Waals surface area contributed by atoms with E-state index in [0.29, 0.717) is 29.7 Å².